The van der Waals surface area contributed by atoms with E-state index in [2.05, 4.69) is 10.9 Å². The summed E-state index contributed by atoms with van der Waals surface area (Å²) in [7, 11) is 0. The van der Waals surface area contributed by atoms with Crippen LogP contribution in [-0.4, -0.2) is 16.7 Å². The largest absolute Gasteiger partial charge is 0.269 e. The van der Waals surface area contributed by atoms with Crippen LogP contribution in [0.5, 0.6) is 0 Å². The molecule has 2 rings (SSSR count). The molecule has 0 radical (unpaired) electrons. The number of rotatable bonds is 4. The molecule has 2 aromatic carbocycles. The van der Waals surface area contributed by atoms with Gasteiger partial charge in [0.25, 0.3) is 17.5 Å². The molecular weight excluding hydrogens is 310 g/mol. The predicted molar refractivity (Wildman–Crippen MR) is 88.9 cm³/mol. The SMILES string of the molecule is Cc1ccc(C(=O)NNC(=O)/C=C/c2ccc([N+](=O)[O-])cc2)cc1. The van der Waals surface area contributed by atoms with Crippen LogP contribution < -0.4 is 10.9 Å². The summed E-state index contributed by atoms with van der Waals surface area (Å²) in [4.78, 5) is 33.5. The Bertz CT molecular complexity index is 780. The summed E-state index contributed by atoms with van der Waals surface area (Å²) in [5.41, 5.74) is 6.62. The first-order valence-corrected chi connectivity index (χ1v) is 7.05. The Hall–Kier alpha value is -3.48. The fourth-order valence-corrected chi connectivity index (χ4v) is 1.82. The van der Waals surface area contributed by atoms with Gasteiger partial charge in [0.05, 0.1) is 4.92 Å². The number of nitrogens with zero attached hydrogens (tertiary/aromatic N) is 1. The monoisotopic (exact) mass is 325 g/mol. The molecule has 7 heteroatoms. The summed E-state index contributed by atoms with van der Waals surface area (Å²) in [5.74, 6) is -0.944. The third-order valence-electron chi connectivity index (χ3n) is 3.14. The summed E-state index contributed by atoms with van der Waals surface area (Å²) in [6.45, 7) is 1.91. The molecule has 0 heterocycles. The van der Waals surface area contributed by atoms with Gasteiger partial charge in [-0.25, -0.2) is 0 Å². The predicted octanol–water partition coefficient (Wildman–Crippen LogP) is 2.38. The third-order valence-corrected chi connectivity index (χ3v) is 3.14. The normalized spacial score (nSPS) is 10.4. The van der Waals surface area contributed by atoms with E-state index in [-0.39, 0.29) is 5.69 Å². The highest BCUT2D eigenvalue weighted by Gasteiger charge is 2.06. The van der Waals surface area contributed by atoms with E-state index in [0.717, 1.165) is 5.56 Å². The van der Waals surface area contributed by atoms with Crippen molar-refractivity contribution in [1.82, 2.24) is 10.9 Å². The third kappa shape index (κ3) is 4.77. The van der Waals surface area contributed by atoms with Gasteiger partial charge in [0, 0.05) is 23.8 Å². The van der Waals surface area contributed by atoms with E-state index < -0.39 is 16.7 Å². The van der Waals surface area contributed by atoms with Crippen LogP contribution in [0, 0.1) is 17.0 Å². The van der Waals surface area contributed by atoms with Crippen molar-refractivity contribution in [1.29, 1.82) is 0 Å². The van der Waals surface area contributed by atoms with Gasteiger partial charge in [-0.3, -0.25) is 30.6 Å². The second kappa shape index (κ2) is 7.68. The molecule has 7 nitrogen and oxygen atoms in total. The Morgan fingerprint density at radius 1 is 1.00 bits per heavy atom. The lowest BCUT2D eigenvalue weighted by Crippen LogP contribution is -2.40. The molecule has 0 spiro atoms. The van der Waals surface area contributed by atoms with Crippen molar-refractivity contribution in [2.45, 2.75) is 6.92 Å². The number of nitro benzene ring substituents is 1. The van der Waals surface area contributed by atoms with Crippen LogP contribution in [0.25, 0.3) is 6.08 Å². The van der Waals surface area contributed by atoms with Crippen LogP contribution in [0.1, 0.15) is 21.5 Å². The molecule has 122 valence electrons. The van der Waals surface area contributed by atoms with E-state index in [9.17, 15) is 19.7 Å². The van der Waals surface area contributed by atoms with Crippen molar-refractivity contribution in [2.24, 2.45) is 0 Å². The smallest absolute Gasteiger partial charge is 0.268 e. The van der Waals surface area contributed by atoms with Crippen LogP contribution in [0.3, 0.4) is 0 Å². The zero-order chi connectivity index (χ0) is 17.5. The van der Waals surface area contributed by atoms with Crippen LogP contribution in [-0.2, 0) is 4.79 Å². The number of hydrogen-bond acceptors (Lipinski definition) is 4. The van der Waals surface area contributed by atoms with Crippen LogP contribution in [0.4, 0.5) is 5.69 Å². The van der Waals surface area contributed by atoms with Gasteiger partial charge in [-0.1, -0.05) is 17.7 Å². The lowest BCUT2D eigenvalue weighted by Gasteiger charge is -2.05. The Labute approximate surface area is 138 Å². The molecule has 0 aromatic heterocycles. The first kappa shape index (κ1) is 16.9. The summed E-state index contributed by atoms with van der Waals surface area (Å²) in [6.07, 6.45) is 2.70. The molecule has 24 heavy (non-hydrogen) atoms. The number of nitrogens with one attached hydrogen (secondary N) is 2. The summed E-state index contributed by atoms with van der Waals surface area (Å²) in [6, 6.07) is 12.6. The van der Waals surface area contributed by atoms with Gasteiger partial charge in [0.15, 0.2) is 0 Å². The Morgan fingerprint density at radius 3 is 2.21 bits per heavy atom. The highest BCUT2D eigenvalue weighted by molar-refractivity contribution is 5.97. The van der Waals surface area contributed by atoms with Gasteiger partial charge in [0.1, 0.15) is 0 Å². The molecule has 0 fully saturated rings. The van der Waals surface area contributed by atoms with E-state index in [1.807, 2.05) is 6.92 Å². The first-order chi connectivity index (χ1) is 11.5. The molecular formula is C17H15N3O4. The van der Waals surface area contributed by atoms with Gasteiger partial charge < -0.3 is 0 Å². The van der Waals surface area contributed by atoms with Gasteiger partial charge in [-0.2, -0.15) is 0 Å². The van der Waals surface area contributed by atoms with E-state index in [1.54, 1.807) is 24.3 Å². The Kier molecular flexibility index (Phi) is 5.40. The van der Waals surface area contributed by atoms with E-state index in [4.69, 9.17) is 0 Å². The van der Waals surface area contributed by atoms with Crippen molar-refractivity contribution in [2.75, 3.05) is 0 Å². The van der Waals surface area contributed by atoms with Gasteiger partial charge >= 0.3 is 0 Å². The Balaban J connectivity index is 1.87. The van der Waals surface area contributed by atoms with Gasteiger partial charge in [-0.15, -0.1) is 0 Å². The molecule has 0 aliphatic heterocycles. The highest BCUT2D eigenvalue weighted by Crippen LogP contribution is 2.12. The minimum Gasteiger partial charge on any atom is -0.268 e. The zero-order valence-electron chi connectivity index (χ0n) is 12.9. The van der Waals surface area contributed by atoms with Crippen molar-refractivity contribution in [3.8, 4) is 0 Å². The van der Waals surface area contributed by atoms with E-state index in [1.165, 1.54) is 36.4 Å². The topological polar surface area (TPSA) is 101 Å². The maximum absolute atomic E-state index is 11.8. The number of non-ortho nitro benzene ring substituents is 1. The number of nitro groups is 1. The first-order valence-electron chi connectivity index (χ1n) is 7.05. The van der Waals surface area contributed by atoms with Crippen LogP contribution >= 0.6 is 0 Å². The van der Waals surface area contributed by atoms with Gasteiger partial charge in [-0.05, 0) is 42.8 Å². The molecule has 2 aromatic rings. The molecule has 0 saturated carbocycles. The van der Waals surface area contributed by atoms with E-state index in [0.29, 0.717) is 11.1 Å². The molecule has 0 atom stereocenters. The molecule has 0 unspecified atom stereocenters. The molecule has 0 aliphatic carbocycles. The van der Waals surface area contributed by atoms with Crippen molar-refractivity contribution in [3.05, 3.63) is 81.4 Å². The highest BCUT2D eigenvalue weighted by atomic mass is 16.6. The molecule has 2 N–H and O–H groups in total. The second-order valence-electron chi connectivity index (χ2n) is 4.99. The van der Waals surface area contributed by atoms with Gasteiger partial charge in [0.2, 0.25) is 0 Å². The average molecular weight is 325 g/mol. The zero-order valence-corrected chi connectivity index (χ0v) is 12.9. The standard InChI is InChI=1S/C17H15N3O4/c1-12-2-7-14(8-3-12)17(22)19-18-16(21)11-6-13-4-9-15(10-5-13)20(23)24/h2-11H,1H3,(H,18,21)(H,19,22)/b11-6+. The quantitative estimate of drug-likeness (QED) is 0.512. The van der Waals surface area contributed by atoms with Crippen LogP contribution in [0.2, 0.25) is 0 Å². The number of benzene rings is 2. The summed E-state index contributed by atoms with van der Waals surface area (Å²) >= 11 is 0. The fraction of sp³-hybridized carbons (Fsp3) is 0.0588. The number of amides is 2. The number of hydrogen-bond donors (Lipinski definition) is 2. The minimum absolute atomic E-state index is 0.0260. The maximum Gasteiger partial charge on any atom is 0.269 e. The van der Waals surface area contributed by atoms with Crippen molar-refractivity contribution < 1.29 is 14.5 Å². The lowest BCUT2D eigenvalue weighted by atomic mass is 10.1. The van der Waals surface area contributed by atoms with Crippen molar-refractivity contribution >= 4 is 23.6 Å². The number of hydrazine groups is 1. The summed E-state index contributed by atoms with van der Waals surface area (Å²) in [5, 5.41) is 10.5. The molecule has 0 saturated heterocycles. The molecule has 0 aliphatic rings. The number of carbonyl (C=O) groups is 2. The second-order valence-corrected chi connectivity index (χ2v) is 4.99. The molecule has 2 amide bonds. The number of aryl methyl sites for hydroxylation is 1. The molecule has 0 bridgehead atoms. The maximum atomic E-state index is 11.8. The average Bonchev–Trinajstić information content (AvgIpc) is 2.58. The number of carbonyl (C=O) groups excluding carboxylic acids is 2. The minimum atomic E-state index is -0.520. The summed E-state index contributed by atoms with van der Waals surface area (Å²) < 4.78 is 0. The fourth-order valence-electron chi connectivity index (χ4n) is 1.82. The lowest BCUT2D eigenvalue weighted by molar-refractivity contribution is -0.384. The Morgan fingerprint density at radius 2 is 1.62 bits per heavy atom. The van der Waals surface area contributed by atoms with Crippen molar-refractivity contribution in [3.63, 3.8) is 0 Å². The van der Waals surface area contributed by atoms with E-state index >= 15 is 0 Å². The van der Waals surface area contributed by atoms with Crippen LogP contribution in [0.15, 0.2) is 54.6 Å².